The molecule has 22 heavy (non-hydrogen) atoms. The molecule has 0 aliphatic carbocycles. The molecule has 118 valence electrons. The number of hydrogen-bond acceptors (Lipinski definition) is 6. The van der Waals surface area contributed by atoms with Crippen molar-refractivity contribution in [2.45, 2.75) is 38.6 Å². The van der Waals surface area contributed by atoms with E-state index in [1.807, 2.05) is 0 Å². The first kappa shape index (κ1) is 14.7. The standard InChI is InChI=1S/C14H20N6O2/c1-8(14-19-16-9(2)22-14)20-5-3-4-10(7-20)11-6-12(13(15)21)18-17-11/h6,8,10H,3-5,7H2,1-2H3,(H2,15,21)(H,17,18)/t8-,10+/m1/s1. The van der Waals surface area contributed by atoms with Gasteiger partial charge in [-0.2, -0.15) is 5.10 Å². The lowest BCUT2D eigenvalue weighted by molar-refractivity contribution is 0.0995. The van der Waals surface area contributed by atoms with Crippen molar-refractivity contribution in [3.05, 3.63) is 29.2 Å². The molecule has 2 aromatic rings. The fourth-order valence-corrected chi connectivity index (χ4v) is 2.92. The molecular weight excluding hydrogens is 284 g/mol. The molecule has 1 aliphatic rings. The fraction of sp³-hybridized carbons (Fsp3) is 0.571. The Balaban J connectivity index is 1.72. The number of nitrogens with one attached hydrogen (secondary N) is 1. The number of primary amides is 1. The molecule has 8 heteroatoms. The average molecular weight is 304 g/mol. The first-order chi connectivity index (χ1) is 10.5. The van der Waals surface area contributed by atoms with Crippen LogP contribution in [-0.2, 0) is 0 Å². The predicted octanol–water partition coefficient (Wildman–Crippen LogP) is 1.14. The maximum Gasteiger partial charge on any atom is 0.269 e. The summed E-state index contributed by atoms with van der Waals surface area (Å²) in [7, 11) is 0. The van der Waals surface area contributed by atoms with Crippen LogP contribution in [0.25, 0.3) is 0 Å². The first-order valence-corrected chi connectivity index (χ1v) is 7.43. The van der Waals surface area contributed by atoms with Gasteiger partial charge in [0.15, 0.2) is 0 Å². The molecule has 0 spiro atoms. The monoisotopic (exact) mass is 304 g/mol. The summed E-state index contributed by atoms with van der Waals surface area (Å²) >= 11 is 0. The Bertz CT molecular complexity index is 664. The van der Waals surface area contributed by atoms with Crippen LogP contribution < -0.4 is 5.73 Å². The van der Waals surface area contributed by atoms with Gasteiger partial charge in [0.2, 0.25) is 11.8 Å². The van der Waals surface area contributed by atoms with Gasteiger partial charge in [-0.25, -0.2) is 0 Å². The number of likely N-dealkylation sites (tertiary alicyclic amines) is 1. The van der Waals surface area contributed by atoms with Crippen LogP contribution in [0.1, 0.15) is 59.7 Å². The maximum absolute atomic E-state index is 11.2. The third-order valence-electron chi connectivity index (χ3n) is 4.19. The molecule has 1 amide bonds. The minimum absolute atomic E-state index is 0.0718. The number of aromatic nitrogens is 4. The Morgan fingerprint density at radius 1 is 1.55 bits per heavy atom. The third-order valence-corrected chi connectivity index (χ3v) is 4.19. The molecule has 1 aliphatic heterocycles. The van der Waals surface area contributed by atoms with Crippen LogP contribution in [-0.4, -0.2) is 44.3 Å². The highest BCUT2D eigenvalue weighted by atomic mass is 16.4. The van der Waals surface area contributed by atoms with Crippen molar-refractivity contribution < 1.29 is 9.21 Å². The van der Waals surface area contributed by atoms with Crippen LogP contribution in [0.4, 0.5) is 0 Å². The molecule has 0 radical (unpaired) electrons. The number of aromatic amines is 1. The van der Waals surface area contributed by atoms with Crippen LogP contribution >= 0.6 is 0 Å². The molecule has 3 heterocycles. The van der Waals surface area contributed by atoms with Crippen LogP contribution in [0.2, 0.25) is 0 Å². The number of nitrogens with two attached hydrogens (primary N) is 1. The lowest BCUT2D eigenvalue weighted by atomic mass is 9.93. The van der Waals surface area contributed by atoms with Crippen molar-refractivity contribution in [3.63, 3.8) is 0 Å². The summed E-state index contributed by atoms with van der Waals surface area (Å²) in [4.78, 5) is 13.5. The van der Waals surface area contributed by atoms with Crippen LogP contribution in [0.5, 0.6) is 0 Å². The Labute approximate surface area is 128 Å². The second kappa shape index (κ2) is 5.88. The van der Waals surface area contributed by atoms with Crippen molar-refractivity contribution in [2.24, 2.45) is 5.73 Å². The topological polar surface area (TPSA) is 114 Å². The van der Waals surface area contributed by atoms with Crippen LogP contribution in [0.3, 0.4) is 0 Å². The fourth-order valence-electron chi connectivity index (χ4n) is 2.92. The van der Waals surface area contributed by atoms with Gasteiger partial charge in [-0.3, -0.25) is 14.8 Å². The largest absolute Gasteiger partial charge is 0.424 e. The van der Waals surface area contributed by atoms with E-state index in [1.165, 1.54) is 0 Å². The molecule has 0 bridgehead atoms. The lowest BCUT2D eigenvalue weighted by Crippen LogP contribution is -2.36. The molecule has 0 aromatic carbocycles. The van der Waals surface area contributed by atoms with E-state index in [1.54, 1.807) is 13.0 Å². The number of aryl methyl sites for hydroxylation is 1. The molecule has 1 saturated heterocycles. The summed E-state index contributed by atoms with van der Waals surface area (Å²) in [5.74, 6) is 1.00. The van der Waals surface area contributed by atoms with Crippen LogP contribution in [0, 0.1) is 6.92 Å². The second-order valence-corrected chi connectivity index (χ2v) is 5.74. The van der Waals surface area contributed by atoms with Crippen molar-refractivity contribution in [3.8, 4) is 0 Å². The first-order valence-electron chi connectivity index (χ1n) is 7.43. The Morgan fingerprint density at radius 2 is 2.36 bits per heavy atom. The normalized spacial score (nSPS) is 20.9. The van der Waals surface area contributed by atoms with Gasteiger partial charge in [-0.1, -0.05) is 0 Å². The summed E-state index contributed by atoms with van der Waals surface area (Å²) in [5, 5.41) is 14.9. The zero-order chi connectivity index (χ0) is 15.7. The number of nitrogens with zero attached hydrogens (tertiary/aromatic N) is 4. The van der Waals surface area contributed by atoms with Gasteiger partial charge < -0.3 is 10.2 Å². The van der Waals surface area contributed by atoms with Gasteiger partial charge >= 0.3 is 0 Å². The molecule has 3 N–H and O–H groups in total. The SMILES string of the molecule is Cc1nnc([C@@H](C)N2CCC[C@H](c3cc(C(N)=O)n[nH]3)C2)o1. The summed E-state index contributed by atoms with van der Waals surface area (Å²) in [5.41, 5.74) is 6.49. The zero-order valence-electron chi connectivity index (χ0n) is 12.7. The number of rotatable bonds is 4. The molecule has 3 rings (SSSR count). The van der Waals surface area contributed by atoms with Crippen molar-refractivity contribution in [1.29, 1.82) is 0 Å². The molecule has 2 atom stereocenters. The summed E-state index contributed by atoms with van der Waals surface area (Å²) in [6.45, 7) is 5.69. The van der Waals surface area contributed by atoms with Crippen molar-refractivity contribution in [1.82, 2.24) is 25.3 Å². The number of hydrogen-bond donors (Lipinski definition) is 2. The molecule has 8 nitrogen and oxygen atoms in total. The van der Waals surface area contributed by atoms with E-state index in [4.69, 9.17) is 10.2 Å². The summed E-state index contributed by atoms with van der Waals surface area (Å²) in [6, 6.07) is 1.82. The highest BCUT2D eigenvalue weighted by molar-refractivity contribution is 5.90. The van der Waals surface area contributed by atoms with E-state index < -0.39 is 5.91 Å². The smallest absolute Gasteiger partial charge is 0.269 e. The predicted molar refractivity (Wildman–Crippen MR) is 78.1 cm³/mol. The average Bonchev–Trinajstić information content (AvgIpc) is 3.15. The highest BCUT2D eigenvalue weighted by Crippen LogP contribution is 2.30. The van der Waals surface area contributed by atoms with Gasteiger partial charge in [0, 0.05) is 25.1 Å². The van der Waals surface area contributed by atoms with Crippen molar-refractivity contribution in [2.75, 3.05) is 13.1 Å². The molecule has 1 fully saturated rings. The molecule has 0 unspecified atom stereocenters. The van der Waals surface area contributed by atoms with Gasteiger partial charge in [-0.05, 0) is 32.4 Å². The van der Waals surface area contributed by atoms with E-state index in [0.717, 1.165) is 31.6 Å². The number of piperidine rings is 1. The minimum atomic E-state index is -0.509. The van der Waals surface area contributed by atoms with E-state index in [-0.39, 0.29) is 11.7 Å². The Hall–Kier alpha value is -2.22. The van der Waals surface area contributed by atoms with Crippen LogP contribution in [0.15, 0.2) is 10.5 Å². The van der Waals surface area contributed by atoms with Gasteiger partial charge in [-0.15, -0.1) is 10.2 Å². The molecule has 2 aromatic heterocycles. The highest BCUT2D eigenvalue weighted by Gasteiger charge is 2.29. The van der Waals surface area contributed by atoms with E-state index in [2.05, 4.69) is 32.2 Å². The third kappa shape index (κ3) is 2.87. The summed E-state index contributed by atoms with van der Waals surface area (Å²) in [6.07, 6.45) is 2.11. The van der Waals surface area contributed by atoms with Crippen molar-refractivity contribution >= 4 is 5.91 Å². The number of carbonyl (C=O) groups excluding carboxylic acids is 1. The Morgan fingerprint density at radius 3 is 3.00 bits per heavy atom. The Kier molecular flexibility index (Phi) is 3.93. The summed E-state index contributed by atoms with van der Waals surface area (Å²) < 4.78 is 5.53. The molecule has 0 saturated carbocycles. The van der Waals surface area contributed by atoms with Gasteiger partial charge in [0.25, 0.3) is 5.91 Å². The van der Waals surface area contributed by atoms with E-state index >= 15 is 0 Å². The zero-order valence-corrected chi connectivity index (χ0v) is 12.7. The van der Waals surface area contributed by atoms with E-state index in [0.29, 0.717) is 17.7 Å². The second-order valence-electron chi connectivity index (χ2n) is 5.74. The maximum atomic E-state index is 11.2. The minimum Gasteiger partial charge on any atom is -0.424 e. The van der Waals surface area contributed by atoms with Gasteiger partial charge in [0.05, 0.1) is 6.04 Å². The lowest BCUT2D eigenvalue weighted by Gasteiger charge is -2.34. The van der Waals surface area contributed by atoms with Gasteiger partial charge in [0.1, 0.15) is 5.69 Å². The number of H-pyrrole nitrogens is 1. The quantitative estimate of drug-likeness (QED) is 0.875. The number of carbonyl (C=O) groups is 1. The van der Waals surface area contributed by atoms with E-state index in [9.17, 15) is 4.79 Å². The number of amides is 1. The molecular formula is C14H20N6O2.